The molecule has 1 aliphatic rings. The molecule has 2 heterocycles. The van der Waals surface area contributed by atoms with E-state index < -0.39 is 0 Å². The molecule has 2 N–H and O–H groups in total. The topological polar surface area (TPSA) is 48.9 Å². The zero-order chi connectivity index (χ0) is 18.2. The quantitative estimate of drug-likeness (QED) is 0.361. The van der Waals surface area contributed by atoms with E-state index in [1.54, 1.807) is 11.3 Å². The molecule has 0 aliphatic carbocycles. The fourth-order valence-electron chi connectivity index (χ4n) is 3.09. The number of thiophene rings is 1. The molecule has 27 heavy (non-hydrogen) atoms. The highest BCUT2D eigenvalue weighted by atomic mass is 127. The summed E-state index contributed by atoms with van der Waals surface area (Å²) in [5, 5.41) is 9.02. The summed E-state index contributed by atoms with van der Waals surface area (Å²) in [6, 6.07) is 12.9. The number of anilines is 1. The van der Waals surface area contributed by atoms with Gasteiger partial charge < -0.3 is 20.3 Å². The summed E-state index contributed by atoms with van der Waals surface area (Å²) in [5.74, 6) is 1.30. The molecule has 5 nitrogen and oxygen atoms in total. The number of hydrogen-bond acceptors (Lipinski definition) is 4. The molecule has 1 aromatic heterocycles. The first-order valence-corrected chi connectivity index (χ1v) is 10.0. The van der Waals surface area contributed by atoms with Crippen molar-refractivity contribution in [3.63, 3.8) is 0 Å². The van der Waals surface area contributed by atoms with Gasteiger partial charge in [-0.1, -0.05) is 31.2 Å². The first-order valence-electron chi connectivity index (χ1n) is 9.16. The lowest BCUT2D eigenvalue weighted by atomic mass is 10.1. The van der Waals surface area contributed by atoms with Crippen LogP contribution in [-0.4, -0.2) is 45.9 Å². The number of rotatable bonds is 6. The monoisotopic (exact) mass is 500 g/mol. The predicted octanol–water partition coefficient (Wildman–Crippen LogP) is 3.67. The number of benzene rings is 1. The van der Waals surface area contributed by atoms with Gasteiger partial charge in [0, 0.05) is 49.7 Å². The predicted molar refractivity (Wildman–Crippen MR) is 126 cm³/mol. The van der Waals surface area contributed by atoms with Crippen LogP contribution >= 0.6 is 35.3 Å². The van der Waals surface area contributed by atoms with Crippen LogP contribution in [0.15, 0.2) is 46.8 Å². The van der Waals surface area contributed by atoms with E-state index in [-0.39, 0.29) is 24.0 Å². The maximum Gasteiger partial charge on any atom is 0.191 e. The van der Waals surface area contributed by atoms with Crippen LogP contribution in [0.25, 0.3) is 0 Å². The van der Waals surface area contributed by atoms with Gasteiger partial charge in [-0.3, -0.25) is 4.99 Å². The number of hydrogen-bond donors (Lipinski definition) is 2. The van der Waals surface area contributed by atoms with Crippen LogP contribution in [0.5, 0.6) is 0 Å². The van der Waals surface area contributed by atoms with Crippen LogP contribution in [0.2, 0.25) is 0 Å². The van der Waals surface area contributed by atoms with Crippen LogP contribution in [0.1, 0.15) is 23.3 Å². The van der Waals surface area contributed by atoms with Crippen molar-refractivity contribution in [2.24, 2.45) is 4.99 Å². The average Bonchev–Trinajstić information content (AvgIpc) is 3.24. The van der Waals surface area contributed by atoms with Gasteiger partial charge in [-0.05, 0) is 23.1 Å². The molecule has 0 amide bonds. The Balaban J connectivity index is 0.00000261. The Morgan fingerprint density at radius 1 is 1.19 bits per heavy atom. The fraction of sp³-hybridized carbons (Fsp3) is 0.450. The summed E-state index contributed by atoms with van der Waals surface area (Å²) >= 11 is 1.80. The molecule has 0 saturated carbocycles. The van der Waals surface area contributed by atoms with Gasteiger partial charge in [0.05, 0.1) is 13.2 Å². The molecule has 1 unspecified atom stereocenters. The second-order valence-electron chi connectivity index (χ2n) is 6.45. The van der Waals surface area contributed by atoms with E-state index in [1.807, 2.05) is 7.05 Å². The third-order valence-corrected chi connectivity index (χ3v) is 5.72. The lowest BCUT2D eigenvalue weighted by molar-refractivity contribution is 0.122. The fourth-order valence-corrected chi connectivity index (χ4v) is 3.88. The summed E-state index contributed by atoms with van der Waals surface area (Å²) in [7, 11) is 1.82. The Kier molecular flexibility index (Phi) is 9.36. The van der Waals surface area contributed by atoms with Crippen molar-refractivity contribution >= 4 is 47.0 Å². The zero-order valence-electron chi connectivity index (χ0n) is 16.0. The molecule has 7 heteroatoms. The molecule has 1 saturated heterocycles. The number of ether oxygens (including phenoxy) is 1. The van der Waals surface area contributed by atoms with E-state index in [2.05, 4.69) is 69.2 Å². The third-order valence-electron chi connectivity index (χ3n) is 4.62. The van der Waals surface area contributed by atoms with E-state index in [4.69, 9.17) is 4.74 Å². The number of nitrogens with one attached hydrogen (secondary N) is 2. The van der Waals surface area contributed by atoms with Gasteiger partial charge in [0.15, 0.2) is 5.96 Å². The van der Waals surface area contributed by atoms with Crippen molar-refractivity contribution in [3.8, 4) is 0 Å². The molecule has 0 bridgehead atoms. The molecular formula is C20H29IN4OS. The molecule has 2 aromatic rings. The Labute approximate surface area is 183 Å². The van der Waals surface area contributed by atoms with Crippen LogP contribution in [0.3, 0.4) is 0 Å². The van der Waals surface area contributed by atoms with E-state index >= 15 is 0 Å². The summed E-state index contributed by atoms with van der Waals surface area (Å²) < 4.78 is 5.48. The van der Waals surface area contributed by atoms with E-state index in [0.717, 1.165) is 45.4 Å². The zero-order valence-corrected chi connectivity index (χ0v) is 19.1. The van der Waals surface area contributed by atoms with Crippen molar-refractivity contribution in [1.82, 2.24) is 10.6 Å². The van der Waals surface area contributed by atoms with Crippen molar-refractivity contribution in [2.45, 2.75) is 19.4 Å². The highest BCUT2D eigenvalue weighted by Crippen LogP contribution is 2.21. The van der Waals surface area contributed by atoms with Gasteiger partial charge in [0.25, 0.3) is 0 Å². The van der Waals surface area contributed by atoms with Gasteiger partial charge in [-0.15, -0.1) is 35.3 Å². The largest absolute Gasteiger partial charge is 0.378 e. The van der Waals surface area contributed by atoms with E-state index in [0.29, 0.717) is 5.92 Å². The minimum absolute atomic E-state index is 0. The van der Waals surface area contributed by atoms with Crippen LogP contribution in [0.4, 0.5) is 5.69 Å². The van der Waals surface area contributed by atoms with Crippen LogP contribution in [-0.2, 0) is 11.3 Å². The standard InChI is InChI=1S/C20H28N4OS.HI/c1-16(19-8-5-13-26-19)14-22-20(21-2)23-15-17-6-3-4-7-18(17)24-9-11-25-12-10-24;/h3-8,13,16H,9-12,14-15H2,1-2H3,(H2,21,22,23);1H. The Morgan fingerprint density at radius 3 is 2.67 bits per heavy atom. The number of halogens is 1. The molecule has 0 radical (unpaired) electrons. The second kappa shape index (κ2) is 11.5. The molecule has 1 aromatic carbocycles. The van der Waals surface area contributed by atoms with Gasteiger partial charge in [-0.25, -0.2) is 0 Å². The Hall–Kier alpha value is -1.32. The summed E-state index contributed by atoms with van der Waals surface area (Å²) in [4.78, 5) is 8.16. The molecule has 3 rings (SSSR count). The van der Waals surface area contributed by atoms with Crippen LogP contribution in [0, 0.1) is 0 Å². The average molecular weight is 500 g/mol. The Bertz CT molecular complexity index is 702. The summed E-state index contributed by atoms with van der Waals surface area (Å²) in [5.41, 5.74) is 2.56. The second-order valence-corrected chi connectivity index (χ2v) is 7.43. The first-order chi connectivity index (χ1) is 12.8. The van der Waals surface area contributed by atoms with Gasteiger partial charge >= 0.3 is 0 Å². The van der Waals surface area contributed by atoms with Crippen molar-refractivity contribution in [2.75, 3.05) is 44.8 Å². The maximum atomic E-state index is 5.48. The highest BCUT2D eigenvalue weighted by molar-refractivity contribution is 14.0. The number of aliphatic imine (C=N–C) groups is 1. The van der Waals surface area contributed by atoms with E-state index in [9.17, 15) is 0 Å². The molecule has 1 fully saturated rings. The number of morpholine rings is 1. The normalized spacial score (nSPS) is 15.8. The smallest absolute Gasteiger partial charge is 0.191 e. The lowest BCUT2D eigenvalue weighted by Crippen LogP contribution is -2.40. The minimum atomic E-state index is 0. The highest BCUT2D eigenvalue weighted by Gasteiger charge is 2.14. The van der Waals surface area contributed by atoms with Gasteiger partial charge in [0.2, 0.25) is 0 Å². The van der Waals surface area contributed by atoms with Crippen molar-refractivity contribution in [1.29, 1.82) is 0 Å². The maximum absolute atomic E-state index is 5.48. The van der Waals surface area contributed by atoms with Gasteiger partial charge in [-0.2, -0.15) is 0 Å². The Morgan fingerprint density at radius 2 is 1.96 bits per heavy atom. The molecule has 148 valence electrons. The SMILES string of the molecule is CN=C(NCc1ccccc1N1CCOCC1)NCC(C)c1cccs1.I. The van der Waals surface area contributed by atoms with Crippen molar-refractivity contribution in [3.05, 3.63) is 52.2 Å². The number of para-hydroxylation sites is 1. The lowest BCUT2D eigenvalue weighted by Gasteiger charge is -2.30. The van der Waals surface area contributed by atoms with Crippen LogP contribution < -0.4 is 15.5 Å². The minimum Gasteiger partial charge on any atom is -0.378 e. The molecule has 1 aliphatic heterocycles. The van der Waals surface area contributed by atoms with E-state index in [1.165, 1.54) is 16.1 Å². The summed E-state index contributed by atoms with van der Waals surface area (Å²) in [6.07, 6.45) is 0. The summed E-state index contributed by atoms with van der Waals surface area (Å²) in [6.45, 7) is 7.34. The third kappa shape index (κ3) is 6.36. The number of guanidine groups is 1. The molecule has 0 spiro atoms. The molecule has 1 atom stereocenters. The number of nitrogens with zero attached hydrogens (tertiary/aromatic N) is 2. The van der Waals surface area contributed by atoms with Gasteiger partial charge in [0.1, 0.15) is 0 Å². The van der Waals surface area contributed by atoms with Crippen molar-refractivity contribution < 1.29 is 4.74 Å². The molecular weight excluding hydrogens is 471 g/mol. The first kappa shape index (κ1) is 22.0.